The standard InChI is InChI=1S/C17H13ClN2O4/c1-2-24-17(23)13-9-19-20(15(13)18)14-8-7-12(16(21)22)10-5-3-4-6-11(10)14/h3-9H,2H2,1H3,(H,21,22). The summed E-state index contributed by atoms with van der Waals surface area (Å²) in [6.45, 7) is 1.94. The van der Waals surface area contributed by atoms with E-state index in [-0.39, 0.29) is 22.9 Å². The second-order valence-electron chi connectivity index (χ2n) is 4.96. The third kappa shape index (κ3) is 2.61. The van der Waals surface area contributed by atoms with E-state index < -0.39 is 11.9 Å². The molecule has 24 heavy (non-hydrogen) atoms. The molecule has 0 radical (unpaired) electrons. The maximum atomic E-state index is 11.9. The lowest BCUT2D eigenvalue weighted by Crippen LogP contribution is -2.05. The predicted octanol–water partition coefficient (Wildman–Crippen LogP) is 3.55. The van der Waals surface area contributed by atoms with Crippen LogP contribution in [0.15, 0.2) is 42.6 Å². The number of benzene rings is 2. The number of hydrogen-bond donors (Lipinski definition) is 1. The molecule has 0 aliphatic heterocycles. The number of esters is 1. The quantitative estimate of drug-likeness (QED) is 0.732. The van der Waals surface area contributed by atoms with E-state index in [9.17, 15) is 14.7 Å². The third-order valence-corrected chi connectivity index (χ3v) is 3.93. The minimum atomic E-state index is -1.02. The maximum Gasteiger partial charge on any atom is 0.342 e. The minimum absolute atomic E-state index is 0.113. The van der Waals surface area contributed by atoms with Crippen molar-refractivity contribution in [3.05, 3.63) is 58.9 Å². The molecule has 1 heterocycles. The number of carbonyl (C=O) groups is 2. The minimum Gasteiger partial charge on any atom is -0.478 e. The molecule has 0 bridgehead atoms. The summed E-state index contributed by atoms with van der Waals surface area (Å²) in [7, 11) is 0. The first kappa shape index (κ1) is 16.0. The molecule has 7 heteroatoms. The second-order valence-corrected chi connectivity index (χ2v) is 5.32. The zero-order valence-corrected chi connectivity index (χ0v) is 13.4. The van der Waals surface area contributed by atoms with Gasteiger partial charge in [0.2, 0.25) is 0 Å². The van der Waals surface area contributed by atoms with Gasteiger partial charge < -0.3 is 9.84 Å². The van der Waals surface area contributed by atoms with Crippen LogP contribution in [-0.4, -0.2) is 33.4 Å². The Morgan fingerprint density at radius 3 is 2.54 bits per heavy atom. The summed E-state index contributed by atoms with van der Waals surface area (Å²) < 4.78 is 6.33. The van der Waals surface area contributed by atoms with Gasteiger partial charge in [-0.2, -0.15) is 5.10 Å². The SMILES string of the molecule is CCOC(=O)c1cnn(-c2ccc(C(=O)O)c3ccccc23)c1Cl. The van der Waals surface area contributed by atoms with Crippen LogP contribution in [0.3, 0.4) is 0 Å². The number of carboxylic acids is 1. The largest absolute Gasteiger partial charge is 0.478 e. The Bertz CT molecular complexity index is 949. The Morgan fingerprint density at radius 1 is 1.17 bits per heavy atom. The van der Waals surface area contributed by atoms with Crippen molar-refractivity contribution in [2.45, 2.75) is 6.92 Å². The Labute approximate surface area is 142 Å². The number of halogens is 1. The lowest BCUT2D eigenvalue weighted by Gasteiger charge is -2.10. The fourth-order valence-electron chi connectivity index (χ4n) is 2.50. The summed E-state index contributed by atoms with van der Waals surface area (Å²) >= 11 is 6.28. The molecular weight excluding hydrogens is 332 g/mol. The summed E-state index contributed by atoms with van der Waals surface area (Å²) in [6.07, 6.45) is 1.33. The summed E-state index contributed by atoms with van der Waals surface area (Å²) in [6, 6.07) is 10.1. The van der Waals surface area contributed by atoms with E-state index in [1.165, 1.54) is 16.9 Å². The van der Waals surface area contributed by atoms with Gasteiger partial charge in [0, 0.05) is 5.39 Å². The number of carboxylic acid groups (broad SMARTS) is 1. The number of aromatic nitrogens is 2. The molecular formula is C17H13ClN2O4. The predicted molar refractivity (Wildman–Crippen MR) is 89.0 cm³/mol. The fraction of sp³-hybridized carbons (Fsp3) is 0.118. The van der Waals surface area contributed by atoms with Gasteiger partial charge in [-0.15, -0.1) is 0 Å². The van der Waals surface area contributed by atoms with E-state index in [4.69, 9.17) is 16.3 Å². The molecule has 2 aromatic carbocycles. The van der Waals surface area contributed by atoms with E-state index >= 15 is 0 Å². The van der Waals surface area contributed by atoms with Gasteiger partial charge in [-0.3, -0.25) is 0 Å². The first-order valence-electron chi connectivity index (χ1n) is 7.20. The van der Waals surface area contributed by atoms with Crippen LogP contribution >= 0.6 is 11.6 Å². The van der Waals surface area contributed by atoms with Crippen molar-refractivity contribution >= 4 is 34.3 Å². The molecule has 122 valence electrons. The zero-order valence-electron chi connectivity index (χ0n) is 12.7. The number of fused-ring (bicyclic) bond motifs is 1. The number of carbonyl (C=O) groups excluding carboxylic acids is 1. The number of rotatable bonds is 4. The number of aromatic carboxylic acids is 1. The Balaban J connectivity index is 2.20. The van der Waals surface area contributed by atoms with Crippen molar-refractivity contribution in [1.29, 1.82) is 0 Å². The highest BCUT2D eigenvalue weighted by atomic mass is 35.5. The number of ether oxygens (including phenoxy) is 1. The molecule has 1 N–H and O–H groups in total. The molecule has 0 aliphatic carbocycles. The molecule has 0 spiro atoms. The van der Waals surface area contributed by atoms with Gasteiger partial charge in [-0.05, 0) is 24.4 Å². The smallest absolute Gasteiger partial charge is 0.342 e. The van der Waals surface area contributed by atoms with Gasteiger partial charge in [-0.1, -0.05) is 35.9 Å². The van der Waals surface area contributed by atoms with Crippen molar-refractivity contribution in [2.75, 3.05) is 6.61 Å². The van der Waals surface area contributed by atoms with Crippen molar-refractivity contribution in [2.24, 2.45) is 0 Å². The highest BCUT2D eigenvalue weighted by Gasteiger charge is 2.20. The van der Waals surface area contributed by atoms with Crippen LogP contribution < -0.4 is 0 Å². The van der Waals surface area contributed by atoms with Crippen LogP contribution in [-0.2, 0) is 4.74 Å². The Kier molecular flexibility index (Phi) is 4.22. The molecule has 0 unspecified atom stereocenters. The third-order valence-electron chi connectivity index (χ3n) is 3.57. The summed E-state index contributed by atoms with van der Waals surface area (Å²) in [5, 5.41) is 14.8. The van der Waals surface area contributed by atoms with Crippen molar-refractivity contribution < 1.29 is 19.4 Å². The number of nitrogens with zero attached hydrogens (tertiary/aromatic N) is 2. The molecule has 1 aromatic heterocycles. The average molecular weight is 345 g/mol. The monoisotopic (exact) mass is 344 g/mol. The molecule has 0 amide bonds. The molecule has 0 atom stereocenters. The number of hydrogen-bond acceptors (Lipinski definition) is 4. The fourth-order valence-corrected chi connectivity index (χ4v) is 2.76. The van der Waals surface area contributed by atoms with E-state index in [0.717, 1.165) is 0 Å². The molecule has 3 aromatic rings. The molecule has 0 aliphatic rings. The normalized spacial score (nSPS) is 10.8. The first-order chi connectivity index (χ1) is 11.5. The van der Waals surface area contributed by atoms with E-state index in [2.05, 4.69) is 5.10 Å². The van der Waals surface area contributed by atoms with Gasteiger partial charge in [0.15, 0.2) is 0 Å². The topological polar surface area (TPSA) is 81.4 Å². The van der Waals surface area contributed by atoms with E-state index in [1.54, 1.807) is 37.3 Å². The molecule has 6 nitrogen and oxygen atoms in total. The highest BCUT2D eigenvalue weighted by Crippen LogP contribution is 2.29. The van der Waals surface area contributed by atoms with Crippen LogP contribution in [0.25, 0.3) is 16.5 Å². The van der Waals surface area contributed by atoms with Crippen LogP contribution in [0.1, 0.15) is 27.6 Å². The van der Waals surface area contributed by atoms with Gasteiger partial charge in [0.05, 0.1) is 24.1 Å². The Morgan fingerprint density at radius 2 is 1.88 bits per heavy atom. The summed E-state index contributed by atoms with van der Waals surface area (Å²) in [5.41, 5.74) is 0.921. The summed E-state index contributed by atoms with van der Waals surface area (Å²) in [4.78, 5) is 23.3. The second kappa shape index (κ2) is 6.33. The lowest BCUT2D eigenvalue weighted by atomic mass is 10.0. The van der Waals surface area contributed by atoms with Crippen LogP contribution in [0.2, 0.25) is 5.15 Å². The van der Waals surface area contributed by atoms with E-state index in [1.807, 2.05) is 0 Å². The van der Waals surface area contributed by atoms with Crippen LogP contribution in [0.4, 0.5) is 0 Å². The highest BCUT2D eigenvalue weighted by molar-refractivity contribution is 6.33. The zero-order chi connectivity index (χ0) is 17.3. The van der Waals surface area contributed by atoms with Gasteiger partial charge in [0.1, 0.15) is 10.7 Å². The molecule has 0 saturated heterocycles. The van der Waals surface area contributed by atoms with Gasteiger partial charge in [-0.25, -0.2) is 14.3 Å². The molecule has 0 saturated carbocycles. The molecule has 3 rings (SSSR count). The first-order valence-corrected chi connectivity index (χ1v) is 7.58. The van der Waals surface area contributed by atoms with E-state index in [0.29, 0.717) is 16.5 Å². The average Bonchev–Trinajstić information content (AvgIpc) is 2.95. The van der Waals surface area contributed by atoms with Crippen LogP contribution in [0.5, 0.6) is 0 Å². The van der Waals surface area contributed by atoms with Crippen molar-refractivity contribution in [3.63, 3.8) is 0 Å². The van der Waals surface area contributed by atoms with Gasteiger partial charge >= 0.3 is 11.9 Å². The molecule has 0 fully saturated rings. The Hall–Kier alpha value is -2.86. The van der Waals surface area contributed by atoms with Crippen LogP contribution in [0, 0.1) is 0 Å². The van der Waals surface area contributed by atoms with Crippen molar-refractivity contribution in [1.82, 2.24) is 9.78 Å². The summed E-state index contributed by atoms with van der Waals surface area (Å²) in [5.74, 6) is -1.57. The van der Waals surface area contributed by atoms with Gasteiger partial charge in [0.25, 0.3) is 0 Å². The maximum absolute atomic E-state index is 11.9. The van der Waals surface area contributed by atoms with Crippen molar-refractivity contribution in [3.8, 4) is 5.69 Å². The lowest BCUT2D eigenvalue weighted by molar-refractivity contribution is 0.0526.